The maximum atomic E-state index is 15.1. The van der Waals surface area contributed by atoms with E-state index in [4.69, 9.17) is 18.9 Å². The largest absolute Gasteiger partial charge is 0.491 e. The lowest BCUT2D eigenvalue weighted by Crippen LogP contribution is -2.39. The van der Waals surface area contributed by atoms with E-state index in [0.29, 0.717) is 76.5 Å². The molecule has 0 aliphatic carbocycles. The van der Waals surface area contributed by atoms with Crippen LogP contribution < -0.4 is 14.8 Å². The number of halogens is 1. The molecule has 0 unspecified atom stereocenters. The fourth-order valence-corrected chi connectivity index (χ4v) is 4.31. The summed E-state index contributed by atoms with van der Waals surface area (Å²) in [7, 11) is 1.62. The van der Waals surface area contributed by atoms with Crippen molar-refractivity contribution in [2.75, 3.05) is 38.9 Å². The van der Waals surface area contributed by atoms with Crippen molar-refractivity contribution in [3.05, 3.63) is 41.9 Å². The molecule has 0 spiro atoms. The number of rotatable bonds is 9. The number of fused-ring (bicyclic) bond motifs is 2. The van der Waals surface area contributed by atoms with Crippen LogP contribution in [-0.2, 0) is 9.47 Å². The van der Waals surface area contributed by atoms with Crippen LogP contribution in [0.4, 0.5) is 15.9 Å². The Hall–Kier alpha value is -3.08. The summed E-state index contributed by atoms with van der Waals surface area (Å²) in [5.74, 6) is 1.53. The Balaban J connectivity index is 1.55. The Morgan fingerprint density at radius 2 is 2.06 bits per heavy atom. The Labute approximate surface area is 193 Å². The second kappa shape index (κ2) is 9.42. The highest BCUT2D eigenvalue weighted by Crippen LogP contribution is 2.38. The zero-order chi connectivity index (χ0) is 22.8. The number of hydrogen-bond acceptors (Lipinski definition) is 9. The molecule has 8 nitrogen and oxygen atoms in total. The van der Waals surface area contributed by atoms with Gasteiger partial charge in [-0.25, -0.2) is 19.3 Å². The van der Waals surface area contributed by atoms with Gasteiger partial charge in [0, 0.05) is 25.2 Å². The number of methoxy groups -OCH3 is 1. The number of benzene rings is 2. The smallest absolute Gasteiger partial charge is 0.166 e. The summed E-state index contributed by atoms with van der Waals surface area (Å²) in [6.07, 6.45) is 1.34. The van der Waals surface area contributed by atoms with Crippen molar-refractivity contribution >= 4 is 44.0 Å². The van der Waals surface area contributed by atoms with Crippen LogP contribution in [0.2, 0.25) is 0 Å². The first kappa shape index (κ1) is 21.7. The van der Waals surface area contributed by atoms with Gasteiger partial charge in [0.2, 0.25) is 0 Å². The van der Waals surface area contributed by atoms with Gasteiger partial charge in [-0.1, -0.05) is 0 Å². The van der Waals surface area contributed by atoms with E-state index in [0.717, 1.165) is 0 Å². The number of nitrogens with zero attached hydrogens (tertiary/aromatic N) is 3. The Morgan fingerprint density at radius 3 is 2.85 bits per heavy atom. The minimum Gasteiger partial charge on any atom is -0.491 e. The molecular formula is C23H23FN4O4S. The predicted octanol–water partition coefficient (Wildman–Crippen LogP) is 4.56. The van der Waals surface area contributed by atoms with E-state index in [1.54, 1.807) is 24.8 Å². The molecule has 10 heteroatoms. The minimum atomic E-state index is -0.372. The maximum Gasteiger partial charge on any atom is 0.166 e. The van der Waals surface area contributed by atoms with Crippen molar-refractivity contribution in [2.45, 2.75) is 13.0 Å². The third-order valence-electron chi connectivity index (χ3n) is 5.56. The molecule has 2 aromatic carbocycles. The van der Waals surface area contributed by atoms with Crippen molar-refractivity contribution < 1.29 is 23.3 Å². The van der Waals surface area contributed by atoms with Crippen LogP contribution in [0.5, 0.6) is 11.5 Å². The van der Waals surface area contributed by atoms with E-state index >= 15 is 4.39 Å². The van der Waals surface area contributed by atoms with Gasteiger partial charge in [0.25, 0.3) is 0 Å². The lowest BCUT2D eigenvalue weighted by molar-refractivity contribution is -0.0774. The predicted molar refractivity (Wildman–Crippen MR) is 124 cm³/mol. The summed E-state index contributed by atoms with van der Waals surface area (Å²) in [5, 5.41) is 3.77. The molecule has 1 atom stereocenters. The molecule has 0 saturated carbocycles. The average molecular weight is 471 g/mol. The lowest BCUT2D eigenvalue weighted by atomic mass is 10.0. The maximum absolute atomic E-state index is 15.1. The highest BCUT2D eigenvalue weighted by atomic mass is 32.1. The summed E-state index contributed by atoms with van der Waals surface area (Å²) in [6.45, 7) is 4.17. The number of anilines is 2. The second-order valence-corrected chi connectivity index (χ2v) is 8.61. The normalized spacial score (nSPS) is 14.9. The van der Waals surface area contributed by atoms with Crippen LogP contribution in [0.25, 0.3) is 21.1 Å². The number of aromatic nitrogens is 3. The van der Waals surface area contributed by atoms with E-state index in [1.165, 1.54) is 17.7 Å². The molecular weight excluding hydrogens is 447 g/mol. The van der Waals surface area contributed by atoms with E-state index in [2.05, 4.69) is 20.3 Å². The monoisotopic (exact) mass is 470 g/mol. The average Bonchev–Trinajstić information content (AvgIpc) is 3.24. The van der Waals surface area contributed by atoms with Gasteiger partial charge in [-0.15, -0.1) is 11.3 Å². The van der Waals surface area contributed by atoms with Gasteiger partial charge in [0.1, 0.15) is 36.4 Å². The van der Waals surface area contributed by atoms with E-state index in [-0.39, 0.29) is 11.9 Å². The molecule has 0 bridgehead atoms. The molecule has 4 aromatic rings. The summed E-state index contributed by atoms with van der Waals surface area (Å²) < 4.78 is 38.1. The van der Waals surface area contributed by atoms with Crippen LogP contribution >= 0.6 is 11.3 Å². The minimum absolute atomic E-state index is 0.0884. The molecule has 3 heterocycles. The van der Waals surface area contributed by atoms with Crippen LogP contribution in [0.1, 0.15) is 6.92 Å². The summed E-state index contributed by atoms with van der Waals surface area (Å²) >= 11 is 1.26. The molecule has 1 fully saturated rings. The second-order valence-electron chi connectivity index (χ2n) is 7.75. The zero-order valence-corrected chi connectivity index (χ0v) is 19.0. The third-order valence-corrected chi connectivity index (χ3v) is 6.40. The van der Waals surface area contributed by atoms with Gasteiger partial charge in [0.15, 0.2) is 5.82 Å². The molecule has 0 amide bonds. The van der Waals surface area contributed by atoms with Gasteiger partial charge in [-0.3, -0.25) is 0 Å². The van der Waals surface area contributed by atoms with E-state index < -0.39 is 0 Å². The molecule has 1 N–H and O–H groups in total. The number of thiazole rings is 1. The molecule has 1 aliphatic rings. The highest BCUT2D eigenvalue weighted by molar-refractivity contribution is 7.16. The van der Waals surface area contributed by atoms with Gasteiger partial charge in [0.05, 0.1) is 52.1 Å². The number of hydrogen-bond donors (Lipinski definition) is 1. The molecule has 172 valence electrons. The van der Waals surface area contributed by atoms with Crippen molar-refractivity contribution in [3.63, 3.8) is 0 Å². The molecule has 1 aliphatic heterocycles. The zero-order valence-electron chi connectivity index (χ0n) is 18.2. The Bertz CT molecular complexity index is 1280. The number of ether oxygens (including phenoxy) is 4. The topological polar surface area (TPSA) is 87.6 Å². The van der Waals surface area contributed by atoms with Gasteiger partial charge < -0.3 is 24.3 Å². The standard InChI is InChI=1S/C23H23FN4O4S/c1-13(14-9-30-10-14)32-19-8-15(31-6-5-29-2)7-18-20(19)23(26-11-25-18)28-16-3-4-17-22(21(16)24)33-12-27-17/h3-4,7-8,11-14H,5-6,9-10H2,1-2H3,(H,25,26,28)/t13-/m1/s1. The summed E-state index contributed by atoms with van der Waals surface area (Å²) in [5.41, 5.74) is 3.17. The van der Waals surface area contributed by atoms with Crippen molar-refractivity contribution in [2.24, 2.45) is 5.92 Å². The van der Waals surface area contributed by atoms with Crippen molar-refractivity contribution in [1.82, 2.24) is 15.0 Å². The fourth-order valence-electron chi connectivity index (χ4n) is 3.58. The molecule has 2 aromatic heterocycles. The van der Waals surface area contributed by atoms with Crippen molar-refractivity contribution in [1.29, 1.82) is 0 Å². The van der Waals surface area contributed by atoms with Crippen molar-refractivity contribution in [3.8, 4) is 11.5 Å². The van der Waals surface area contributed by atoms with Gasteiger partial charge in [-0.05, 0) is 19.1 Å². The fraction of sp³-hybridized carbons (Fsp3) is 0.348. The summed E-state index contributed by atoms with van der Waals surface area (Å²) in [6, 6.07) is 7.05. The highest BCUT2D eigenvalue weighted by Gasteiger charge is 2.28. The summed E-state index contributed by atoms with van der Waals surface area (Å²) in [4.78, 5) is 13.0. The van der Waals surface area contributed by atoms with Crippen LogP contribution in [-0.4, -0.2) is 54.6 Å². The molecule has 1 saturated heterocycles. The lowest BCUT2D eigenvalue weighted by Gasteiger charge is -2.32. The van der Waals surface area contributed by atoms with E-state index in [1.807, 2.05) is 19.1 Å². The quantitative estimate of drug-likeness (QED) is 0.356. The van der Waals surface area contributed by atoms with E-state index in [9.17, 15) is 0 Å². The molecule has 5 rings (SSSR count). The first-order chi connectivity index (χ1) is 16.1. The third kappa shape index (κ3) is 4.41. The molecule has 0 radical (unpaired) electrons. The first-order valence-corrected chi connectivity index (χ1v) is 11.5. The molecule has 33 heavy (non-hydrogen) atoms. The van der Waals surface area contributed by atoms with Gasteiger partial charge >= 0.3 is 0 Å². The SMILES string of the molecule is COCCOc1cc(O[C@H](C)C2COC2)c2c(Nc3ccc4ncsc4c3F)ncnc2c1. The van der Waals surface area contributed by atoms with Gasteiger partial charge in [-0.2, -0.15) is 0 Å². The van der Waals surface area contributed by atoms with Crippen LogP contribution in [0, 0.1) is 11.7 Å². The Kier molecular flexibility index (Phi) is 6.21. The van der Waals surface area contributed by atoms with Crippen LogP contribution in [0.3, 0.4) is 0 Å². The first-order valence-electron chi connectivity index (χ1n) is 10.6. The Morgan fingerprint density at radius 1 is 1.18 bits per heavy atom. The van der Waals surface area contributed by atoms with Crippen LogP contribution in [0.15, 0.2) is 36.1 Å². The number of nitrogens with one attached hydrogen (secondary N) is 1.